The molecule has 1 aliphatic heterocycles. The van der Waals surface area contributed by atoms with Crippen molar-refractivity contribution >= 4 is 23.4 Å². The van der Waals surface area contributed by atoms with E-state index in [4.69, 9.17) is 0 Å². The second kappa shape index (κ2) is 5.29. The predicted octanol–water partition coefficient (Wildman–Crippen LogP) is 3.91. The van der Waals surface area contributed by atoms with E-state index in [1.807, 2.05) is 31.2 Å². The van der Waals surface area contributed by atoms with Crippen LogP contribution in [0.15, 0.2) is 48.5 Å². The molecule has 2 aromatic rings. The van der Waals surface area contributed by atoms with Crippen molar-refractivity contribution in [3.05, 3.63) is 65.5 Å². The standard InChI is InChI=1S/C16H14FNOS/c1-11-2-8-14(9-3-11)18-15(19)10-20-16(18)12-4-6-13(17)7-5-12/h2-9,16H,10H2,1H3/t16-/m1/s1. The normalized spacial score (nSPS) is 18.6. The van der Waals surface area contributed by atoms with Crippen molar-refractivity contribution in [3.8, 4) is 0 Å². The van der Waals surface area contributed by atoms with Crippen LogP contribution in [0.5, 0.6) is 0 Å². The van der Waals surface area contributed by atoms with Crippen molar-refractivity contribution < 1.29 is 9.18 Å². The molecular weight excluding hydrogens is 273 g/mol. The maximum atomic E-state index is 13.0. The third kappa shape index (κ3) is 2.43. The molecule has 2 nitrogen and oxygen atoms in total. The molecule has 3 rings (SSSR count). The fourth-order valence-corrected chi connectivity index (χ4v) is 3.46. The second-order valence-electron chi connectivity index (χ2n) is 4.81. The molecule has 0 radical (unpaired) electrons. The molecule has 0 N–H and O–H groups in total. The number of halogens is 1. The molecular formula is C16H14FNOS. The van der Waals surface area contributed by atoms with Crippen LogP contribution in [0.3, 0.4) is 0 Å². The summed E-state index contributed by atoms with van der Waals surface area (Å²) in [6.07, 6.45) is 0. The molecule has 20 heavy (non-hydrogen) atoms. The number of aryl methyl sites for hydroxylation is 1. The van der Waals surface area contributed by atoms with E-state index in [0.29, 0.717) is 5.75 Å². The molecule has 1 atom stereocenters. The van der Waals surface area contributed by atoms with Crippen LogP contribution in [-0.4, -0.2) is 11.7 Å². The zero-order valence-corrected chi connectivity index (χ0v) is 11.9. The van der Waals surface area contributed by atoms with Gasteiger partial charge in [0.05, 0.1) is 5.75 Å². The quantitative estimate of drug-likeness (QED) is 0.834. The molecule has 0 aromatic heterocycles. The SMILES string of the molecule is Cc1ccc(N2C(=O)CS[C@@H]2c2ccc(F)cc2)cc1. The van der Waals surface area contributed by atoms with Crippen molar-refractivity contribution in [3.63, 3.8) is 0 Å². The highest BCUT2D eigenvalue weighted by Crippen LogP contribution is 2.41. The topological polar surface area (TPSA) is 20.3 Å². The van der Waals surface area contributed by atoms with Crippen LogP contribution < -0.4 is 4.90 Å². The molecule has 4 heteroatoms. The van der Waals surface area contributed by atoms with Gasteiger partial charge in [-0.1, -0.05) is 29.8 Å². The lowest BCUT2D eigenvalue weighted by molar-refractivity contribution is -0.115. The molecule has 0 spiro atoms. The molecule has 1 amide bonds. The van der Waals surface area contributed by atoms with Crippen LogP contribution >= 0.6 is 11.8 Å². The summed E-state index contributed by atoms with van der Waals surface area (Å²) in [7, 11) is 0. The minimum atomic E-state index is -0.259. The molecule has 1 saturated heterocycles. The molecule has 0 bridgehead atoms. The number of nitrogens with zero attached hydrogens (tertiary/aromatic N) is 1. The van der Waals surface area contributed by atoms with Crippen LogP contribution in [-0.2, 0) is 4.79 Å². The van der Waals surface area contributed by atoms with Gasteiger partial charge in [-0.2, -0.15) is 0 Å². The average molecular weight is 287 g/mol. The summed E-state index contributed by atoms with van der Waals surface area (Å²) in [5.41, 5.74) is 2.99. The largest absolute Gasteiger partial charge is 0.295 e. The van der Waals surface area contributed by atoms with E-state index in [-0.39, 0.29) is 17.1 Å². The van der Waals surface area contributed by atoms with Gasteiger partial charge in [-0.15, -0.1) is 11.8 Å². The molecule has 2 aromatic carbocycles. The van der Waals surface area contributed by atoms with E-state index < -0.39 is 0 Å². The fraction of sp³-hybridized carbons (Fsp3) is 0.188. The lowest BCUT2D eigenvalue weighted by Crippen LogP contribution is -2.27. The smallest absolute Gasteiger partial charge is 0.238 e. The molecule has 1 heterocycles. The van der Waals surface area contributed by atoms with E-state index in [1.165, 1.54) is 12.1 Å². The monoisotopic (exact) mass is 287 g/mol. The molecule has 0 saturated carbocycles. The number of amides is 1. The molecule has 1 fully saturated rings. The molecule has 1 aliphatic rings. The van der Waals surface area contributed by atoms with Gasteiger partial charge in [0.1, 0.15) is 11.2 Å². The van der Waals surface area contributed by atoms with Crippen LogP contribution in [0.2, 0.25) is 0 Å². The van der Waals surface area contributed by atoms with Gasteiger partial charge in [-0.3, -0.25) is 9.69 Å². The van der Waals surface area contributed by atoms with E-state index in [2.05, 4.69) is 0 Å². The minimum Gasteiger partial charge on any atom is -0.295 e. The number of thioether (sulfide) groups is 1. The van der Waals surface area contributed by atoms with Crippen molar-refractivity contribution in [2.45, 2.75) is 12.3 Å². The van der Waals surface area contributed by atoms with Crippen LogP contribution in [0.1, 0.15) is 16.5 Å². The first-order valence-electron chi connectivity index (χ1n) is 6.41. The Morgan fingerprint density at radius 3 is 2.40 bits per heavy atom. The second-order valence-corrected chi connectivity index (χ2v) is 5.88. The number of carbonyl (C=O) groups excluding carboxylic acids is 1. The van der Waals surface area contributed by atoms with Gasteiger partial charge in [0.15, 0.2) is 0 Å². The van der Waals surface area contributed by atoms with Crippen LogP contribution in [0, 0.1) is 12.7 Å². The van der Waals surface area contributed by atoms with E-state index in [0.717, 1.165) is 16.8 Å². The van der Waals surface area contributed by atoms with Gasteiger partial charge in [-0.25, -0.2) is 4.39 Å². The number of anilines is 1. The summed E-state index contributed by atoms with van der Waals surface area (Å²) < 4.78 is 13.0. The Kier molecular flexibility index (Phi) is 3.49. The van der Waals surface area contributed by atoms with Gasteiger partial charge in [0.2, 0.25) is 5.91 Å². The van der Waals surface area contributed by atoms with Gasteiger partial charge >= 0.3 is 0 Å². The fourth-order valence-electron chi connectivity index (χ4n) is 2.28. The number of carbonyl (C=O) groups is 1. The zero-order valence-electron chi connectivity index (χ0n) is 11.0. The van der Waals surface area contributed by atoms with Crippen molar-refractivity contribution in [1.29, 1.82) is 0 Å². The highest BCUT2D eigenvalue weighted by Gasteiger charge is 2.33. The predicted molar refractivity (Wildman–Crippen MR) is 80.3 cm³/mol. The van der Waals surface area contributed by atoms with E-state index in [1.54, 1.807) is 28.8 Å². The first-order chi connectivity index (χ1) is 9.65. The van der Waals surface area contributed by atoms with Crippen LogP contribution in [0.4, 0.5) is 10.1 Å². The Morgan fingerprint density at radius 1 is 1.10 bits per heavy atom. The Labute approximate surface area is 121 Å². The lowest BCUT2D eigenvalue weighted by atomic mass is 10.1. The number of benzene rings is 2. The summed E-state index contributed by atoms with van der Waals surface area (Å²) >= 11 is 1.57. The minimum absolute atomic E-state index is 0.0780. The van der Waals surface area contributed by atoms with Crippen LogP contribution in [0.25, 0.3) is 0 Å². The molecule has 0 unspecified atom stereocenters. The Balaban J connectivity index is 1.96. The van der Waals surface area contributed by atoms with Gasteiger partial charge in [-0.05, 0) is 36.8 Å². The molecule has 0 aliphatic carbocycles. The highest BCUT2D eigenvalue weighted by atomic mass is 32.2. The van der Waals surface area contributed by atoms with Crippen molar-refractivity contribution in [2.24, 2.45) is 0 Å². The van der Waals surface area contributed by atoms with Crippen molar-refractivity contribution in [2.75, 3.05) is 10.7 Å². The first kappa shape index (κ1) is 13.2. The van der Waals surface area contributed by atoms with Gasteiger partial charge in [0, 0.05) is 5.69 Å². The summed E-state index contributed by atoms with van der Waals surface area (Å²) in [5, 5.41) is -0.0780. The summed E-state index contributed by atoms with van der Waals surface area (Å²) in [5.74, 6) is 0.286. The number of hydrogen-bond donors (Lipinski definition) is 0. The molecule has 102 valence electrons. The zero-order chi connectivity index (χ0) is 14.1. The number of rotatable bonds is 2. The average Bonchev–Trinajstić information content (AvgIpc) is 2.83. The van der Waals surface area contributed by atoms with Gasteiger partial charge in [0.25, 0.3) is 0 Å². The summed E-state index contributed by atoms with van der Waals surface area (Å²) in [4.78, 5) is 13.9. The van der Waals surface area contributed by atoms with Crippen molar-refractivity contribution in [1.82, 2.24) is 0 Å². The maximum Gasteiger partial charge on any atom is 0.238 e. The lowest BCUT2D eigenvalue weighted by Gasteiger charge is -2.24. The first-order valence-corrected chi connectivity index (χ1v) is 7.46. The van der Waals surface area contributed by atoms with E-state index in [9.17, 15) is 9.18 Å². The maximum absolute atomic E-state index is 13.0. The Morgan fingerprint density at radius 2 is 1.75 bits per heavy atom. The highest BCUT2D eigenvalue weighted by molar-refractivity contribution is 8.00. The third-order valence-corrected chi connectivity index (χ3v) is 4.55. The third-order valence-electron chi connectivity index (χ3n) is 3.34. The van der Waals surface area contributed by atoms with Gasteiger partial charge < -0.3 is 0 Å². The Hall–Kier alpha value is -1.81. The number of hydrogen-bond acceptors (Lipinski definition) is 2. The van der Waals surface area contributed by atoms with E-state index >= 15 is 0 Å². The Bertz CT molecular complexity index is 624. The summed E-state index contributed by atoms with van der Waals surface area (Å²) in [6.45, 7) is 2.02. The summed E-state index contributed by atoms with van der Waals surface area (Å²) in [6, 6.07) is 14.3.